The molecule has 1 aromatic heterocycles. The number of hydrogen-bond donors (Lipinski definition) is 2. The number of aromatic nitrogens is 1. The Hall–Kier alpha value is -3.28. The van der Waals surface area contributed by atoms with Gasteiger partial charge in [0, 0.05) is 22.7 Å². The van der Waals surface area contributed by atoms with E-state index in [4.69, 9.17) is 10.5 Å². The van der Waals surface area contributed by atoms with E-state index in [1.54, 1.807) is 6.21 Å². The largest absolute Gasteiger partial charge is 0.491 e. The first-order chi connectivity index (χ1) is 12.5. The molecule has 1 heterocycles. The fraction of sp³-hybridized carbons (Fsp3) is 0.200. The van der Waals surface area contributed by atoms with Gasteiger partial charge in [-0.15, -0.1) is 0 Å². The second kappa shape index (κ2) is 7.74. The number of benzene rings is 2. The molecule has 0 unspecified atom stereocenters. The molecule has 0 atom stereocenters. The number of carbonyl (C=O) groups is 1. The molecule has 26 heavy (non-hydrogen) atoms. The van der Waals surface area contributed by atoms with Crippen molar-refractivity contribution in [3.05, 3.63) is 65.4 Å². The lowest BCUT2D eigenvalue weighted by Gasteiger charge is -2.11. The van der Waals surface area contributed by atoms with Gasteiger partial charge in [-0.25, -0.2) is 10.2 Å². The number of nitrogens with zero attached hydrogens (tertiary/aromatic N) is 2. The van der Waals surface area contributed by atoms with E-state index in [0.29, 0.717) is 13.2 Å². The minimum Gasteiger partial charge on any atom is -0.491 e. The van der Waals surface area contributed by atoms with Crippen LogP contribution in [-0.2, 0) is 6.54 Å². The molecule has 0 spiro atoms. The lowest BCUT2D eigenvalue weighted by Crippen LogP contribution is -2.24. The summed E-state index contributed by atoms with van der Waals surface area (Å²) in [4.78, 5) is 10.8. The van der Waals surface area contributed by atoms with Crippen molar-refractivity contribution in [3.8, 4) is 5.75 Å². The predicted octanol–water partition coefficient (Wildman–Crippen LogP) is 3.34. The van der Waals surface area contributed by atoms with Crippen LogP contribution in [0.3, 0.4) is 0 Å². The molecule has 0 aliphatic rings. The number of nitrogens with two attached hydrogens (primary N) is 1. The highest BCUT2D eigenvalue weighted by atomic mass is 16.5. The molecule has 2 amide bonds. The number of para-hydroxylation sites is 1. The third kappa shape index (κ3) is 4.03. The lowest BCUT2D eigenvalue weighted by atomic mass is 10.1. The summed E-state index contributed by atoms with van der Waals surface area (Å²) >= 11 is 0. The average molecular weight is 350 g/mol. The summed E-state index contributed by atoms with van der Waals surface area (Å²) in [6, 6.07) is 13.5. The topological polar surface area (TPSA) is 81.6 Å². The summed E-state index contributed by atoms with van der Waals surface area (Å²) in [5, 5.41) is 4.91. The Kier molecular flexibility index (Phi) is 5.22. The molecular weight excluding hydrogens is 328 g/mol. The number of hydrazone groups is 1. The Balaban J connectivity index is 1.75. The van der Waals surface area contributed by atoms with Crippen molar-refractivity contribution in [1.29, 1.82) is 0 Å². The molecule has 0 fully saturated rings. The molecule has 6 heteroatoms. The first-order valence-corrected chi connectivity index (χ1v) is 8.41. The number of amides is 2. The zero-order valence-electron chi connectivity index (χ0n) is 14.9. The fourth-order valence-electron chi connectivity index (χ4n) is 2.94. The van der Waals surface area contributed by atoms with E-state index >= 15 is 0 Å². The zero-order chi connectivity index (χ0) is 18.5. The second-order valence-corrected chi connectivity index (χ2v) is 6.15. The summed E-state index contributed by atoms with van der Waals surface area (Å²) in [5.74, 6) is 0.902. The molecule has 3 aromatic rings. The van der Waals surface area contributed by atoms with Gasteiger partial charge in [-0.2, -0.15) is 5.10 Å². The standard InChI is InChI=1S/C20H22N4O2/c1-14-7-8-19(15(2)11-14)26-10-9-24-13-16(12-22-23-20(21)25)17-5-3-4-6-18(17)24/h3-8,11-13H,9-10H2,1-2H3,(H3,21,23,25)/b22-12-. The van der Waals surface area contributed by atoms with Gasteiger partial charge < -0.3 is 15.0 Å². The molecule has 6 nitrogen and oxygen atoms in total. The van der Waals surface area contributed by atoms with Gasteiger partial charge in [0.2, 0.25) is 0 Å². The number of hydrogen-bond acceptors (Lipinski definition) is 3. The van der Waals surface area contributed by atoms with Crippen LogP contribution in [0.1, 0.15) is 16.7 Å². The molecule has 3 N–H and O–H groups in total. The highest BCUT2D eigenvalue weighted by Crippen LogP contribution is 2.21. The van der Waals surface area contributed by atoms with Crippen LogP contribution in [0, 0.1) is 13.8 Å². The maximum absolute atomic E-state index is 10.8. The summed E-state index contributed by atoms with van der Waals surface area (Å²) in [7, 11) is 0. The monoisotopic (exact) mass is 350 g/mol. The maximum atomic E-state index is 10.8. The average Bonchev–Trinajstić information content (AvgIpc) is 2.95. The van der Waals surface area contributed by atoms with Crippen LogP contribution < -0.4 is 15.9 Å². The van der Waals surface area contributed by atoms with Crippen molar-refractivity contribution in [3.63, 3.8) is 0 Å². The minimum atomic E-state index is -0.688. The molecule has 0 aliphatic heterocycles. The van der Waals surface area contributed by atoms with E-state index in [1.165, 1.54) is 5.56 Å². The molecule has 3 rings (SSSR count). The Labute approximate surface area is 152 Å². The van der Waals surface area contributed by atoms with Crippen molar-refractivity contribution in [1.82, 2.24) is 9.99 Å². The normalized spacial score (nSPS) is 11.2. The van der Waals surface area contributed by atoms with E-state index in [1.807, 2.05) is 49.5 Å². The van der Waals surface area contributed by atoms with Crippen LogP contribution in [-0.4, -0.2) is 23.4 Å². The minimum absolute atomic E-state index is 0.554. The first kappa shape index (κ1) is 17.5. The van der Waals surface area contributed by atoms with Crippen LogP contribution in [0.5, 0.6) is 5.75 Å². The maximum Gasteiger partial charge on any atom is 0.332 e. The summed E-state index contributed by atoms with van der Waals surface area (Å²) < 4.78 is 8.05. The van der Waals surface area contributed by atoms with E-state index in [-0.39, 0.29) is 0 Å². The smallest absolute Gasteiger partial charge is 0.332 e. The first-order valence-electron chi connectivity index (χ1n) is 8.41. The van der Waals surface area contributed by atoms with Crippen LogP contribution >= 0.6 is 0 Å². The SMILES string of the molecule is Cc1ccc(OCCn2cc(/C=N\NC(N)=O)c3ccccc32)c(C)c1. The Morgan fingerprint density at radius 2 is 2.08 bits per heavy atom. The van der Waals surface area contributed by atoms with Crippen LogP contribution in [0.15, 0.2) is 53.8 Å². The summed E-state index contributed by atoms with van der Waals surface area (Å²) in [5.41, 5.74) is 11.6. The van der Waals surface area contributed by atoms with Gasteiger partial charge in [-0.1, -0.05) is 35.9 Å². The van der Waals surface area contributed by atoms with E-state index < -0.39 is 6.03 Å². The van der Waals surface area contributed by atoms with E-state index in [9.17, 15) is 4.79 Å². The number of ether oxygens (including phenoxy) is 1. The molecule has 0 bridgehead atoms. The number of fused-ring (bicyclic) bond motifs is 1. The molecule has 0 radical (unpaired) electrons. The summed E-state index contributed by atoms with van der Waals surface area (Å²) in [6.07, 6.45) is 3.58. The molecular formula is C20H22N4O2. The Morgan fingerprint density at radius 1 is 1.27 bits per heavy atom. The number of rotatable bonds is 6. The van der Waals surface area contributed by atoms with Crippen molar-refractivity contribution in [2.45, 2.75) is 20.4 Å². The molecule has 134 valence electrons. The van der Waals surface area contributed by atoms with Gasteiger partial charge in [-0.3, -0.25) is 0 Å². The number of nitrogens with one attached hydrogen (secondary N) is 1. The van der Waals surface area contributed by atoms with Crippen molar-refractivity contribution in [2.24, 2.45) is 10.8 Å². The number of urea groups is 1. The second-order valence-electron chi connectivity index (χ2n) is 6.15. The van der Waals surface area contributed by atoms with Crippen molar-refractivity contribution < 1.29 is 9.53 Å². The van der Waals surface area contributed by atoms with E-state index in [0.717, 1.165) is 27.8 Å². The number of primary amides is 1. The van der Waals surface area contributed by atoms with Gasteiger partial charge in [-0.05, 0) is 31.5 Å². The van der Waals surface area contributed by atoms with Gasteiger partial charge in [0.25, 0.3) is 0 Å². The van der Waals surface area contributed by atoms with Gasteiger partial charge in [0.15, 0.2) is 0 Å². The summed E-state index contributed by atoms with van der Waals surface area (Å²) in [6.45, 7) is 5.37. The van der Waals surface area contributed by atoms with Gasteiger partial charge in [0.1, 0.15) is 12.4 Å². The highest BCUT2D eigenvalue weighted by molar-refractivity contribution is 5.99. The molecule has 0 saturated carbocycles. The highest BCUT2D eigenvalue weighted by Gasteiger charge is 2.07. The molecule has 0 aliphatic carbocycles. The molecule has 0 saturated heterocycles. The predicted molar refractivity (Wildman–Crippen MR) is 104 cm³/mol. The Morgan fingerprint density at radius 3 is 2.85 bits per heavy atom. The van der Waals surface area contributed by atoms with Crippen molar-refractivity contribution >= 4 is 23.1 Å². The Bertz CT molecular complexity index is 960. The third-order valence-corrected chi connectivity index (χ3v) is 4.12. The van der Waals surface area contributed by atoms with Crippen molar-refractivity contribution in [2.75, 3.05) is 6.61 Å². The quantitative estimate of drug-likeness (QED) is 0.528. The van der Waals surface area contributed by atoms with Crippen LogP contribution in [0.4, 0.5) is 4.79 Å². The zero-order valence-corrected chi connectivity index (χ0v) is 14.9. The van der Waals surface area contributed by atoms with Gasteiger partial charge >= 0.3 is 6.03 Å². The van der Waals surface area contributed by atoms with Gasteiger partial charge in [0.05, 0.1) is 12.8 Å². The number of carbonyl (C=O) groups excluding carboxylic acids is 1. The van der Waals surface area contributed by atoms with E-state index in [2.05, 4.69) is 28.1 Å². The van der Waals surface area contributed by atoms with Crippen LogP contribution in [0.2, 0.25) is 0 Å². The fourth-order valence-corrected chi connectivity index (χ4v) is 2.94. The van der Waals surface area contributed by atoms with Crippen LogP contribution in [0.25, 0.3) is 10.9 Å². The third-order valence-electron chi connectivity index (χ3n) is 4.12. The number of aryl methyl sites for hydroxylation is 2. The lowest BCUT2D eigenvalue weighted by molar-refractivity contribution is 0.249. The molecule has 2 aromatic carbocycles.